The van der Waals surface area contributed by atoms with E-state index >= 15 is 0 Å². The molecule has 0 unspecified atom stereocenters. The standard InChI is InChI=1S/C20H39NO5Si/c1-10-24-17(22)12-11-15-13-16(26-27(8,9)20(5,6)7)14-21(15)18(23)25-19(2,3)4/h15-16H,10-14H2,1-9H3/t15-,16+/m0/s1. The fourth-order valence-corrected chi connectivity index (χ4v) is 4.25. The van der Waals surface area contributed by atoms with Gasteiger partial charge in [0.1, 0.15) is 5.60 Å². The van der Waals surface area contributed by atoms with Crippen LogP contribution in [0.4, 0.5) is 4.79 Å². The predicted molar refractivity (Wildman–Crippen MR) is 109 cm³/mol. The Balaban J connectivity index is 2.85. The van der Waals surface area contributed by atoms with E-state index in [0.29, 0.717) is 26.0 Å². The van der Waals surface area contributed by atoms with Crippen LogP contribution in [0, 0.1) is 0 Å². The molecule has 0 aromatic carbocycles. The van der Waals surface area contributed by atoms with Gasteiger partial charge in [0.2, 0.25) is 0 Å². The molecule has 0 aromatic heterocycles. The van der Waals surface area contributed by atoms with Crippen LogP contribution in [0.15, 0.2) is 0 Å². The van der Waals surface area contributed by atoms with Crippen molar-refractivity contribution < 1.29 is 23.5 Å². The summed E-state index contributed by atoms with van der Waals surface area (Å²) in [6, 6.07) is -0.0703. The Hall–Kier alpha value is -1.08. The van der Waals surface area contributed by atoms with E-state index in [-0.39, 0.29) is 29.2 Å². The maximum absolute atomic E-state index is 12.7. The fraction of sp³-hybridized carbons (Fsp3) is 0.900. The van der Waals surface area contributed by atoms with E-state index in [1.165, 1.54) is 0 Å². The molecule has 2 atom stereocenters. The number of rotatable bonds is 6. The highest BCUT2D eigenvalue weighted by atomic mass is 28.4. The topological polar surface area (TPSA) is 65.1 Å². The number of esters is 1. The number of likely N-dealkylation sites (tertiary alicyclic amines) is 1. The predicted octanol–water partition coefficient (Wildman–Crippen LogP) is 4.73. The summed E-state index contributed by atoms with van der Waals surface area (Å²) in [6.45, 7) is 19.3. The Bertz CT molecular complexity index is 521. The normalized spacial score (nSPS) is 21.3. The van der Waals surface area contributed by atoms with Crippen molar-refractivity contribution in [1.82, 2.24) is 4.90 Å². The van der Waals surface area contributed by atoms with Crippen molar-refractivity contribution in [2.75, 3.05) is 13.2 Å². The van der Waals surface area contributed by atoms with Gasteiger partial charge in [-0.1, -0.05) is 20.8 Å². The van der Waals surface area contributed by atoms with Crippen LogP contribution in [-0.2, 0) is 18.7 Å². The third-order valence-electron chi connectivity index (χ3n) is 5.26. The van der Waals surface area contributed by atoms with Crippen molar-refractivity contribution in [2.24, 2.45) is 0 Å². The van der Waals surface area contributed by atoms with Crippen molar-refractivity contribution in [2.45, 2.75) is 104 Å². The molecule has 0 radical (unpaired) electrons. The van der Waals surface area contributed by atoms with Gasteiger partial charge in [0.05, 0.1) is 12.7 Å². The van der Waals surface area contributed by atoms with Gasteiger partial charge in [0.15, 0.2) is 8.32 Å². The highest BCUT2D eigenvalue weighted by Crippen LogP contribution is 2.39. The molecule has 1 aliphatic rings. The lowest BCUT2D eigenvalue weighted by atomic mass is 10.1. The third-order valence-corrected chi connectivity index (χ3v) is 9.79. The van der Waals surface area contributed by atoms with Crippen LogP contribution in [0.1, 0.15) is 67.7 Å². The zero-order valence-corrected chi connectivity index (χ0v) is 19.7. The molecule has 0 saturated carbocycles. The quantitative estimate of drug-likeness (QED) is 0.475. The molecule has 1 aliphatic heterocycles. The SMILES string of the molecule is CCOC(=O)CC[C@H]1C[C@@H](O[Si](C)(C)C(C)(C)C)CN1C(=O)OC(C)(C)C. The second kappa shape index (κ2) is 8.95. The summed E-state index contributed by atoms with van der Waals surface area (Å²) >= 11 is 0. The number of carbonyl (C=O) groups excluding carboxylic acids is 2. The zero-order valence-electron chi connectivity index (χ0n) is 18.7. The van der Waals surface area contributed by atoms with Crippen LogP contribution >= 0.6 is 0 Å². The minimum Gasteiger partial charge on any atom is -0.466 e. The summed E-state index contributed by atoms with van der Waals surface area (Å²) in [6.07, 6.45) is 1.23. The monoisotopic (exact) mass is 401 g/mol. The first kappa shape index (κ1) is 24.0. The lowest BCUT2D eigenvalue weighted by Gasteiger charge is -2.38. The second-order valence-electron chi connectivity index (χ2n) is 9.87. The van der Waals surface area contributed by atoms with E-state index in [1.54, 1.807) is 11.8 Å². The molecule has 1 heterocycles. The summed E-state index contributed by atoms with van der Waals surface area (Å²) in [7, 11) is -1.94. The van der Waals surface area contributed by atoms with E-state index in [1.807, 2.05) is 20.8 Å². The van der Waals surface area contributed by atoms with Crippen molar-refractivity contribution in [3.05, 3.63) is 0 Å². The molecule has 1 saturated heterocycles. The lowest BCUT2D eigenvalue weighted by molar-refractivity contribution is -0.143. The molecular formula is C20H39NO5Si. The molecule has 0 aromatic rings. The Morgan fingerprint density at radius 2 is 1.70 bits per heavy atom. The molecule has 158 valence electrons. The minimum atomic E-state index is -1.94. The van der Waals surface area contributed by atoms with Gasteiger partial charge in [-0.3, -0.25) is 4.79 Å². The number of carbonyl (C=O) groups is 2. The molecule has 1 fully saturated rings. The zero-order chi connectivity index (χ0) is 21.0. The molecule has 1 amide bonds. The molecule has 0 spiro atoms. The number of hydrogen-bond donors (Lipinski definition) is 0. The molecular weight excluding hydrogens is 362 g/mol. The number of nitrogens with zero attached hydrogens (tertiary/aromatic N) is 1. The van der Waals surface area contributed by atoms with Crippen LogP contribution < -0.4 is 0 Å². The summed E-state index contributed by atoms with van der Waals surface area (Å²) in [5.74, 6) is -0.226. The molecule has 0 aliphatic carbocycles. The van der Waals surface area contributed by atoms with Crippen molar-refractivity contribution in [3.63, 3.8) is 0 Å². The summed E-state index contributed by atoms with van der Waals surface area (Å²) in [4.78, 5) is 26.2. The van der Waals surface area contributed by atoms with Crippen LogP contribution in [0.25, 0.3) is 0 Å². The Kier molecular flexibility index (Phi) is 7.94. The van der Waals surface area contributed by atoms with E-state index in [0.717, 1.165) is 6.42 Å². The molecule has 27 heavy (non-hydrogen) atoms. The summed E-state index contributed by atoms with van der Waals surface area (Å²) in [5.41, 5.74) is -0.554. The first-order valence-corrected chi connectivity index (χ1v) is 12.9. The molecule has 6 nitrogen and oxygen atoms in total. The Morgan fingerprint density at radius 3 is 2.19 bits per heavy atom. The summed E-state index contributed by atoms with van der Waals surface area (Å²) in [5, 5.41) is 0.104. The smallest absolute Gasteiger partial charge is 0.410 e. The van der Waals surface area contributed by atoms with Crippen molar-refractivity contribution >= 4 is 20.4 Å². The van der Waals surface area contributed by atoms with Crippen molar-refractivity contribution in [3.8, 4) is 0 Å². The van der Waals surface area contributed by atoms with E-state index < -0.39 is 13.9 Å². The average molecular weight is 402 g/mol. The van der Waals surface area contributed by atoms with Gasteiger partial charge >= 0.3 is 12.1 Å². The molecule has 0 N–H and O–H groups in total. The molecule has 7 heteroatoms. The van der Waals surface area contributed by atoms with E-state index in [2.05, 4.69) is 33.9 Å². The number of amides is 1. The fourth-order valence-electron chi connectivity index (χ4n) is 2.89. The van der Waals surface area contributed by atoms with Crippen LogP contribution in [0.5, 0.6) is 0 Å². The average Bonchev–Trinajstić information content (AvgIpc) is 2.84. The molecule has 1 rings (SSSR count). The van der Waals surface area contributed by atoms with Gasteiger partial charge in [-0.05, 0) is 58.7 Å². The highest BCUT2D eigenvalue weighted by molar-refractivity contribution is 6.74. The lowest BCUT2D eigenvalue weighted by Crippen LogP contribution is -2.45. The number of hydrogen-bond acceptors (Lipinski definition) is 5. The van der Waals surface area contributed by atoms with Gasteiger partial charge in [-0.15, -0.1) is 0 Å². The van der Waals surface area contributed by atoms with E-state index in [4.69, 9.17) is 13.9 Å². The maximum atomic E-state index is 12.7. The minimum absolute atomic E-state index is 0.0226. The van der Waals surface area contributed by atoms with Gasteiger partial charge in [-0.2, -0.15) is 0 Å². The third kappa shape index (κ3) is 7.45. The first-order valence-electron chi connectivity index (χ1n) is 9.99. The summed E-state index contributed by atoms with van der Waals surface area (Å²) < 4.78 is 17.1. The van der Waals surface area contributed by atoms with Gasteiger partial charge in [-0.25, -0.2) is 4.79 Å². The highest BCUT2D eigenvalue weighted by Gasteiger charge is 2.44. The van der Waals surface area contributed by atoms with Crippen LogP contribution in [-0.4, -0.2) is 56.2 Å². The van der Waals surface area contributed by atoms with Gasteiger partial charge < -0.3 is 18.8 Å². The second-order valence-corrected chi connectivity index (χ2v) is 14.6. The Labute approximate surface area is 166 Å². The van der Waals surface area contributed by atoms with Crippen molar-refractivity contribution in [1.29, 1.82) is 0 Å². The number of ether oxygens (including phenoxy) is 2. The van der Waals surface area contributed by atoms with E-state index in [9.17, 15) is 9.59 Å². The Morgan fingerprint density at radius 1 is 1.11 bits per heavy atom. The van der Waals surface area contributed by atoms with Gasteiger partial charge in [0.25, 0.3) is 0 Å². The van der Waals surface area contributed by atoms with Crippen LogP contribution in [0.2, 0.25) is 18.1 Å². The first-order chi connectivity index (χ1) is 12.2. The largest absolute Gasteiger partial charge is 0.466 e. The van der Waals surface area contributed by atoms with Gasteiger partial charge in [0, 0.05) is 19.0 Å². The maximum Gasteiger partial charge on any atom is 0.410 e. The molecule has 0 bridgehead atoms. The van der Waals surface area contributed by atoms with Crippen LogP contribution in [0.3, 0.4) is 0 Å².